The SMILES string of the molecule is O=C(O)c1ccc(NC(=O)N2C3CCC2C2C(C3)[C@@H]2OCc2c(-c3c(Cl)cccc3Cl)noc2C2CC2)cc1F. The fourth-order valence-electron chi connectivity index (χ4n) is 6.73. The van der Waals surface area contributed by atoms with E-state index in [1.54, 1.807) is 18.2 Å². The van der Waals surface area contributed by atoms with Crippen LogP contribution in [0.3, 0.4) is 0 Å². The van der Waals surface area contributed by atoms with Crippen molar-refractivity contribution in [2.45, 2.75) is 62.8 Å². The van der Waals surface area contributed by atoms with E-state index in [0.29, 0.717) is 39.7 Å². The van der Waals surface area contributed by atoms with E-state index in [0.717, 1.165) is 55.6 Å². The highest BCUT2D eigenvalue weighted by molar-refractivity contribution is 6.39. The molecule has 2 amide bonds. The van der Waals surface area contributed by atoms with Crippen molar-refractivity contribution >= 4 is 40.9 Å². The Kier molecular flexibility index (Phi) is 6.29. The molecule has 4 unspecified atom stereocenters. The summed E-state index contributed by atoms with van der Waals surface area (Å²) in [4.78, 5) is 26.2. The Balaban J connectivity index is 1.06. The number of hydrogen-bond acceptors (Lipinski definition) is 5. The lowest BCUT2D eigenvalue weighted by molar-refractivity contribution is 0.0692. The van der Waals surface area contributed by atoms with Crippen molar-refractivity contribution in [3.8, 4) is 11.3 Å². The summed E-state index contributed by atoms with van der Waals surface area (Å²) >= 11 is 13.0. The quantitative estimate of drug-likeness (QED) is 0.310. The van der Waals surface area contributed by atoms with Gasteiger partial charge < -0.3 is 24.6 Å². The lowest BCUT2D eigenvalue weighted by Crippen LogP contribution is -2.47. The van der Waals surface area contributed by atoms with Crippen LogP contribution >= 0.6 is 23.2 Å². The van der Waals surface area contributed by atoms with Crippen LogP contribution in [0.2, 0.25) is 10.0 Å². The number of aromatic nitrogens is 1. The number of urea groups is 1. The average Bonchev–Trinajstić information content (AvgIpc) is 3.80. The van der Waals surface area contributed by atoms with E-state index < -0.39 is 17.3 Å². The van der Waals surface area contributed by atoms with Crippen LogP contribution in [0.15, 0.2) is 40.9 Å². The summed E-state index contributed by atoms with van der Waals surface area (Å²) in [6, 6.07) is 8.75. The molecule has 4 fully saturated rings. The van der Waals surface area contributed by atoms with Gasteiger partial charge in [-0.05, 0) is 68.4 Å². The van der Waals surface area contributed by atoms with Crippen molar-refractivity contribution in [1.29, 1.82) is 0 Å². The molecular formula is C29H26Cl2FN3O5. The normalized spacial score (nSPS) is 26.5. The molecule has 2 bridgehead atoms. The standard InChI is InChI=1S/C29H26Cl2FN3O5/c30-19-2-1-3-20(31)24(19)25-18(26(40-34-25)13-4-5-13)12-39-27-17-11-15-7-9-22(23(17)27)35(15)29(38)33-14-6-8-16(28(36)37)21(32)10-14/h1-3,6,8,10,13,15,17,22-23,27H,4-5,7,9,11-12H2,(H,33,38)(H,36,37)/t15?,17?,22?,23?,27-/m0/s1. The summed E-state index contributed by atoms with van der Waals surface area (Å²) in [5, 5.41) is 17.2. The van der Waals surface area contributed by atoms with Crippen molar-refractivity contribution in [2.75, 3.05) is 5.32 Å². The number of fused-ring (bicyclic) bond motifs is 4. The first-order valence-corrected chi connectivity index (χ1v) is 14.2. The zero-order valence-corrected chi connectivity index (χ0v) is 22.8. The van der Waals surface area contributed by atoms with E-state index in [-0.39, 0.29) is 35.8 Å². The molecule has 208 valence electrons. The number of carbonyl (C=O) groups is 2. The second-order valence-electron chi connectivity index (χ2n) is 11.1. The molecule has 8 nitrogen and oxygen atoms in total. The number of hydrogen-bond donors (Lipinski definition) is 2. The van der Waals surface area contributed by atoms with Gasteiger partial charge in [0.1, 0.15) is 17.3 Å². The molecule has 2 N–H and O–H groups in total. The first-order valence-electron chi connectivity index (χ1n) is 13.5. The van der Waals surface area contributed by atoms with E-state index in [9.17, 15) is 14.0 Å². The van der Waals surface area contributed by atoms with Gasteiger partial charge in [-0.25, -0.2) is 14.0 Å². The van der Waals surface area contributed by atoms with Crippen molar-refractivity contribution in [3.63, 3.8) is 0 Å². The average molecular weight is 586 g/mol. The molecule has 2 aliphatic carbocycles. The molecule has 2 saturated carbocycles. The molecule has 0 radical (unpaired) electrons. The smallest absolute Gasteiger partial charge is 0.338 e. The molecule has 2 saturated heterocycles. The number of ether oxygens (including phenoxy) is 1. The highest BCUT2D eigenvalue weighted by atomic mass is 35.5. The maximum Gasteiger partial charge on any atom is 0.338 e. The fraction of sp³-hybridized carbons (Fsp3) is 0.414. The lowest BCUT2D eigenvalue weighted by Gasteiger charge is -2.34. The number of carboxylic acid groups (broad SMARTS) is 1. The minimum absolute atomic E-state index is 0.00872. The first kappa shape index (κ1) is 25.8. The van der Waals surface area contributed by atoms with Gasteiger partial charge in [-0.2, -0.15) is 0 Å². The Morgan fingerprint density at radius 3 is 2.62 bits per heavy atom. The number of carbonyl (C=O) groups excluding carboxylic acids is 1. The highest BCUT2D eigenvalue weighted by Gasteiger charge is 2.64. The van der Waals surface area contributed by atoms with Gasteiger partial charge in [0.05, 0.1) is 28.3 Å². The zero-order chi connectivity index (χ0) is 27.7. The summed E-state index contributed by atoms with van der Waals surface area (Å²) in [5.74, 6) is -0.504. The number of anilines is 1. The Morgan fingerprint density at radius 1 is 1.15 bits per heavy atom. The molecule has 3 heterocycles. The van der Waals surface area contributed by atoms with Crippen LogP contribution in [0.4, 0.5) is 14.9 Å². The molecule has 11 heteroatoms. The molecule has 40 heavy (non-hydrogen) atoms. The third-order valence-corrected chi connectivity index (χ3v) is 9.39. The van der Waals surface area contributed by atoms with Gasteiger partial charge in [0.2, 0.25) is 0 Å². The van der Waals surface area contributed by atoms with E-state index in [4.69, 9.17) is 37.6 Å². The molecule has 2 aromatic carbocycles. The Bertz CT molecular complexity index is 1510. The van der Waals surface area contributed by atoms with Crippen molar-refractivity contribution in [1.82, 2.24) is 10.1 Å². The van der Waals surface area contributed by atoms with Crippen LogP contribution in [-0.2, 0) is 11.3 Å². The van der Waals surface area contributed by atoms with Gasteiger partial charge in [0.25, 0.3) is 0 Å². The lowest BCUT2D eigenvalue weighted by atomic mass is 10.0. The second-order valence-corrected chi connectivity index (χ2v) is 11.9. The van der Waals surface area contributed by atoms with Crippen molar-refractivity contribution < 1.29 is 28.3 Å². The molecule has 5 atom stereocenters. The maximum absolute atomic E-state index is 14.2. The number of piperidine rings is 1. The van der Waals surface area contributed by atoms with Gasteiger partial charge in [0, 0.05) is 40.7 Å². The van der Waals surface area contributed by atoms with Gasteiger partial charge in [-0.3, -0.25) is 0 Å². The first-order chi connectivity index (χ1) is 19.3. The summed E-state index contributed by atoms with van der Waals surface area (Å²) < 4.78 is 26.4. The topological polar surface area (TPSA) is 105 Å². The minimum Gasteiger partial charge on any atom is -0.478 e. The number of carboxylic acids is 1. The van der Waals surface area contributed by atoms with Crippen LogP contribution in [-0.4, -0.2) is 45.4 Å². The van der Waals surface area contributed by atoms with Crippen LogP contribution in [0.25, 0.3) is 11.3 Å². The number of nitrogens with one attached hydrogen (secondary N) is 1. The molecule has 7 rings (SSSR count). The molecule has 3 aromatic rings. The van der Waals surface area contributed by atoms with Crippen LogP contribution in [0, 0.1) is 17.7 Å². The molecular weight excluding hydrogens is 560 g/mol. The number of aromatic carboxylic acids is 1. The van der Waals surface area contributed by atoms with Gasteiger partial charge in [0.15, 0.2) is 0 Å². The van der Waals surface area contributed by atoms with Gasteiger partial charge in [-0.15, -0.1) is 0 Å². The summed E-state index contributed by atoms with van der Waals surface area (Å²) in [7, 11) is 0. The van der Waals surface area contributed by atoms with Crippen LogP contribution in [0.1, 0.15) is 59.7 Å². The number of halogens is 3. The fourth-order valence-corrected chi connectivity index (χ4v) is 7.31. The Morgan fingerprint density at radius 2 is 1.93 bits per heavy atom. The van der Waals surface area contributed by atoms with E-state index in [1.807, 2.05) is 4.90 Å². The number of nitrogens with zero attached hydrogens (tertiary/aromatic N) is 2. The van der Waals surface area contributed by atoms with Crippen LogP contribution in [0.5, 0.6) is 0 Å². The molecule has 1 aromatic heterocycles. The van der Waals surface area contributed by atoms with Gasteiger partial charge in [-0.1, -0.05) is 34.4 Å². The third kappa shape index (κ3) is 4.35. The molecule has 2 aliphatic heterocycles. The summed E-state index contributed by atoms with van der Waals surface area (Å²) in [6.07, 6.45) is 4.73. The monoisotopic (exact) mass is 585 g/mol. The van der Waals surface area contributed by atoms with E-state index >= 15 is 0 Å². The number of amides is 2. The molecule has 0 spiro atoms. The summed E-state index contributed by atoms with van der Waals surface area (Å²) in [6.45, 7) is 0.322. The van der Waals surface area contributed by atoms with E-state index in [1.165, 1.54) is 6.07 Å². The molecule has 4 aliphatic rings. The Hall–Kier alpha value is -3.14. The highest BCUT2D eigenvalue weighted by Crippen LogP contribution is 2.58. The largest absolute Gasteiger partial charge is 0.478 e. The second kappa shape index (κ2) is 9.75. The number of benzene rings is 2. The third-order valence-electron chi connectivity index (χ3n) is 8.76. The predicted octanol–water partition coefficient (Wildman–Crippen LogP) is 6.96. The Labute approximate surface area is 239 Å². The van der Waals surface area contributed by atoms with Gasteiger partial charge >= 0.3 is 12.0 Å². The maximum atomic E-state index is 14.2. The van der Waals surface area contributed by atoms with Crippen molar-refractivity contribution in [2.24, 2.45) is 11.8 Å². The minimum atomic E-state index is -1.35. The summed E-state index contributed by atoms with van der Waals surface area (Å²) in [5.41, 5.74) is 1.93. The number of rotatable bonds is 7. The van der Waals surface area contributed by atoms with Crippen molar-refractivity contribution in [3.05, 3.63) is 69.1 Å². The zero-order valence-electron chi connectivity index (χ0n) is 21.3. The predicted molar refractivity (Wildman–Crippen MR) is 145 cm³/mol. The van der Waals surface area contributed by atoms with Crippen LogP contribution < -0.4 is 5.32 Å². The van der Waals surface area contributed by atoms with E-state index in [2.05, 4.69) is 10.5 Å².